The van der Waals surface area contributed by atoms with Crippen LogP contribution in [-0.2, 0) is 19.5 Å². The van der Waals surface area contributed by atoms with E-state index in [-0.39, 0.29) is 12.3 Å². The van der Waals surface area contributed by atoms with Crippen LogP contribution in [-0.4, -0.2) is 20.1 Å². The van der Waals surface area contributed by atoms with Crippen LogP contribution in [0.4, 0.5) is 0 Å². The lowest BCUT2D eigenvalue weighted by Crippen LogP contribution is -2.12. The van der Waals surface area contributed by atoms with Gasteiger partial charge in [-0.25, -0.2) is 0 Å². The van der Waals surface area contributed by atoms with Crippen molar-refractivity contribution in [2.24, 2.45) is 0 Å². The number of nitrogens with zero attached hydrogens (tertiary/aromatic N) is 3. The summed E-state index contributed by atoms with van der Waals surface area (Å²) >= 11 is 5.12. The SMILES string of the molecule is Cc1cc(C(=O)Cn2cc(Br)cn2)c(C)n1CCc1cccs1. The molecule has 0 fully saturated rings. The van der Waals surface area contributed by atoms with Gasteiger partial charge in [-0.2, -0.15) is 5.10 Å². The van der Waals surface area contributed by atoms with Gasteiger partial charge in [0.15, 0.2) is 5.78 Å². The normalized spacial score (nSPS) is 11.1. The zero-order valence-corrected chi connectivity index (χ0v) is 15.5. The van der Waals surface area contributed by atoms with Crippen LogP contribution < -0.4 is 0 Å². The fourth-order valence-electron chi connectivity index (χ4n) is 2.76. The second-order valence-electron chi connectivity index (χ2n) is 5.55. The van der Waals surface area contributed by atoms with Crippen molar-refractivity contribution >= 4 is 33.0 Å². The van der Waals surface area contributed by atoms with Crippen molar-refractivity contribution in [1.82, 2.24) is 14.3 Å². The lowest BCUT2D eigenvalue weighted by atomic mass is 10.1. The molecule has 0 saturated heterocycles. The predicted octanol–water partition coefficient (Wildman–Crippen LogP) is 4.25. The van der Waals surface area contributed by atoms with E-state index in [1.807, 2.05) is 19.2 Å². The van der Waals surface area contributed by atoms with E-state index in [0.29, 0.717) is 0 Å². The number of aromatic nitrogens is 3. The quantitative estimate of drug-likeness (QED) is 0.589. The summed E-state index contributed by atoms with van der Waals surface area (Å²) in [4.78, 5) is 13.9. The molecule has 4 nitrogen and oxygen atoms in total. The van der Waals surface area contributed by atoms with Gasteiger partial charge in [0.05, 0.1) is 10.7 Å². The number of rotatable bonds is 6. The Kier molecular flexibility index (Phi) is 4.82. The van der Waals surface area contributed by atoms with E-state index in [4.69, 9.17) is 0 Å². The van der Waals surface area contributed by atoms with E-state index in [9.17, 15) is 4.79 Å². The molecule has 3 aromatic rings. The standard InChI is InChI=1S/C17H18BrN3OS/c1-12-8-16(17(22)11-20-10-14(18)9-19-20)13(2)21(12)6-5-15-4-3-7-23-15/h3-4,7-10H,5-6,11H2,1-2H3. The van der Waals surface area contributed by atoms with Gasteiger partial charge in [-0.15, -0.1) is 11.3 Å². The van der Waals surface area contributed by atoms with Crippen LogP contribution in [0.15, 0.2) is 40.4 Å². The first-order chi connectivity index (χ1) is 11.0. The highest BCUT2D eigenvalue weighted by Crippen LogP contribution is 2.19. The molecular formula is C17H18BrN3OS. The molecule has 0 radical (unpaired) electrons. The summed E-state index contributed by atoms with van der Waals surface area (Å²) in [6, 6.07) is 6.22. The molecule has 0 spiro atoms. The average molecular weight is 392 g/mol. The number of thiophene rings is 1. The molecule has 0 aliphatic rings. The maximum atomic E-state index is 12.6. The minimum absolute atomic E-state index is 0.0936. The minimum atomic E-state index is 0.0936. The summed E-state index contributed by atoms with van der Waals surface area (Å²) in [6.07, 6.45) is 4.50. The van der Waals surface area contributed by atoms with Gasteiger partial charge in [-0.1, -0.05) is 6.07 Å². The molecular weight excluding hydrogens is 374 g/mol. The Hall–Kier alpha value is -1.66. The zero-order chi connectivity index (χ0) is 16.4. The predicted molar refractivity (Wildman–Crippen MR) is 96.2 cm³/mol. The third kappa shape index (κ3) is 3.64. The van der Waals surface area contributed by atoms with Crippen molar-refractivity contribution in [3.05, 3.63) is 62.3 Å². The fraction of sp³-hybridized carbons (Fsp3) is 0.294. The summed E-state index contributed by atoms with van der Waals surface area (Å²) in [5.41, 5.74) is 2.96. The number of ketones is 1. The summed E-state index contributed by atoms with van der Waals surface area (Å²) in [6.45, 7) is 5.25. The molecule has 0 atom stereocenters. The summed E-state index contributed by atoms with van der Waals surface area (Å²) in [7, 11) is 0. The van der Waals surface area contributed by atoms with Gasteiger partial charge < -0.3 is 4.57 Å². The fourth-order valence-corrected chi connectivity index (χ4v) is 3.79. The van der Waals surface area contributed by atoms with Crippen molar-refractivity contribution in [3.63, 3.8) is 0 Å². The topological polar surface area (TPSA) is 39.8 Å². The van der Waals surface area contributed by atoms with Gasteiger partial charge in [0.2, 0.25) is 0 Å². The molecule has 0 amide bonds. The molecule has 0 saturated carbocycles. The molecule has 0 unspecified atom stereocenters. The number of carbonyl (C=O) groups excluding carboxylic acids is 1. The molecule has 0 bridgehead atoms. The van der Waals surface area contributed by atoms with Gasteiger partial charge in [0.1, 0.15) is 6.54 Å². The van der Waals surface area contributed by atoms with Crippen molar-refractivity contribution in [2.75, 3.05) is 0 Å². The number of hydrogen-bond donors (Lipinski definition) is 0. The second kappa shape index (κ2) is 6.84. The average Bonchev–Trinajstić information content (AvgIpc) is 3.21. The Morgan fingerprint density at radius 2 is 2.22 bits per heavy atom. The van der Waals surface area contributed by atoms with Crippen LogP contribution in [0.3, 0.4) is 0 Å². The van der Waals surface area contributed by atoms with Gasteiger partial charge in [-0.3, -0.25) is 9.48 Å². The van der Waals surface area contributed by atoms with Gasteiger partial charge >= 0.3 is 0 Å². The molecule has 23 heavy (non-hydrogen) atoms. The molecule has 3 rings (SSSR count). The highest BCUT2D eigenvalue weighted by molar-refractivity contribution is 9.10. The maximum Gasteiger partial charge on any atom is 0.186 e. The molecule has 0 N–H and O–H groups in total. The van der Waals surface area contributed by atoms with Gasteiger partial charge in [0.25, 0.3) is 0 Å². The molecule has 0 aliphatic heterocycles. The maximum absolute atomic E-state index is 12.6. The molecule has 6 heteroatoms. The summed E-state index contributed by atoms with van der Waals surface area (Å²) < 4.78 is 4.77. The van der Waals surface area contributed by atoms with E-state index in [1.165, 1.54) is 4.88 Å². The second-order valence-corrected chi connectivity index (χ2v) is 7.49. The van der Waals surface area contributed by atoms with Crippen molar-refractivity contribution in [3.8, 4) is 0 Å². The molecule has 0 aromatic carbocycles. The van der Waals surface area contributed by atoms with Crippen molar-refractivity contribution in [1.29, 1.82) is 0 Å². The van der Waals surface area contributed by atoms with Gasteiger partial charge in [0, 0.05) is 34.6 Å². The van der Waals surface area contributed by atoms with Crippen LogP contribution in [0, 0.1) is 13.8 Å². The smallest absolute Gasteiger partial charge is 0.186 e. The van der Waals surface area contributed by atoms with Crippen molar-refractivity contribution < 1.29 is 4.79 Å². The van der Waals surface area contributed by atoms with Crippen LogP contribution >= 0.6 is 27.3 Å². The van der Waals surface area contributed by atoms with Crippen molar-refractivity contribution in [2.45, 2.75) is 33.4 Å². The zero-order valence-electron chi connectivity index (χ0n) is 13.1. The van der Waals surface area contributed by atoms with Crippen LogP contribution in [0.25, 0.3) is 0 Å². The molecule has 3 aromatic heterocycles. The monoisotopic (exact) mass is 391 g/mol. The Bertz CT molecular complexity index is 817. The Morgan fingerprint density at radius 1 is 1.39 bits per heavy atom. The molecule has 0 aliphatic carbocycles. The largest absolute Gasteiger partial charge is 0.348 e. The molecule has 3 heterocycles. The van der Waals surface area contributed by atoms with Gasteiger partial charge in [-0.05, 0) is 53.7 Å². The van der Waals surface area contributed by atoms with E-state index < -0.39 is 0 Å². The van der Waals surface area contributed by atoms with Crippen LogP contribution in [0.2, 0.25) is 0 Å². The van der Waals surface area contributed by atoms with E-state index in [1.54, 1.807) is 22.2 Å². The highest BCUT2D eigenvalue weighted by atomic mass is 79.9. The minimum Gasteiger partial charge on any atom is -0.348 e. The third-order valence-electron chi connectivity index (χ3n) is 3.94. The van der Waals surface area contributed by atoms with Crippen LogP contribution in [0.5, 0.6) is 0 Å². The number of Topliss-reactive ketones (excluding diaryl/α,β-unsaturated/α-hetero) is 1. The third-order valence-corrected chi connectivity index (χ3v) is 5.29. The highest BCUT2D eigenvalue weighted by Gasteiger charge is 2.16. The Balaban J connectivity index is 1.75. The number of hydrogen-bond acceptors (Lipinski definition) is 3. The Morgan fingerprint density at radius 3 is 2.87 bits per heavy atom. The summed E-state index contributed by atoms with van der Waals surface area (Å²) in [5, 5.41) is 6.25. The van der Waals surface area contributed by atoms with E-state index in [0.717, 1.165) is 34.4 Å². The van der Waals surface area contributed by atoms with E-state index in [2.05, 4.69) is 50.0 Å². The first kappa shape index (κ1) is 16.2. The number of aryl methyl sites for hydroxylation is 2. The molecule has 120 valence electrons. The lowest BCUT2D eigenvalue weighted by Gasteiger charge is -2.09. The summed E-state index contributed by atoms with van der Waals surface area (Å²) in [5.74, 6) is 0.0936. The van der Waals surface area contributed by atoms with E-state index >= 15 is 0 Å². The number of carbonyl (C=O) groups is 1. The first-order valence-corrected chi connectivity index (χ1v) is 9.12. The number of halogens is 1. The first-order valence-electron chi connectivity index (χ1n) is 7.45. The van der Waals surface area contributed by atoms with Crippen LogP contribution in [0.1, 0.15) is 26.6 Å². The Labute approximate surface area is 147 Å². The lowest BCUT2D eigenvalue weighted by molar-refractivity contribution is 0.0967.